The minimum absolute atomic E-state index is 0.0129. The number of hydrogen-bond donors (Lipinski definition) is 2. The second kappa shape index (κ2) is 6.82. The molecule has 0 saturated heterocycles. The van der Waals surface area contributed by atoms with Crippen molar-refractivity contribution in [1.29, 1.82) is 0 Å². The summed E-state index contributed by atoms with van der Waals surface area (Å²) in [5.74, 6) is -0.194. The summed E-state index contributed by atoms with van der Waals surface area (Å²) in [5, 5.41) is 10.2. The van der Waals surface area contributed by atoms with E-state index in [0.717, 1.165) is 11.3 Å². The summed E-state index contributed by atoms with van der Waals surface area (Å²) in [7, 11) is 0. The first-order valence-electron chi connectivity index (χ1n) is 8.07. The first-order valence-corrected chi connectivity index (χ1v) is 8.07. The molecule has 7 heteroatoms. The number of amides is 2. The lowest BCUT2D eigenvalue weighted by atomic mass is 10.1. The van der Waals surface area contributed by atoms with Crippen molar-refractivity contribution in [2.24, 2.45) is 0 Å². The smallest absolute Gasteiger partial charge is 0.271 e. The molecule has 126 valence electrons. The quantitative estimate of drug-likeness (QED) is 0.846. The van der Waals surface area contributed by atoms with E-state index in [4.69, 9.17) is 0 Å². The Hall–Kier alpha value is -2.70. The number of hydrogen-bond acceptors (Lipinski definition) is 4. The molecule has 3 heterocycles. The molecule has 24 heavy (non-hydrogen) atoms. The molecule has 0 aliphatic carbocycles. The lowest BCUT2D eigenvalue weighted by molar-refractivity contribution is -0.121. The van der Waals surface area contributed by atoms with E-state index in [1.54, 1.807) is 23.1 Å². The molecule has 3 rings (SSSR count). The number of rotatable bonds is 5. The summed E-state index contributed by atoms with van der Waals surface area (Å²) in [6.45, 7) is 4.41. The third-order valence-corrected chi connectivity index (χ3v) is 3.82. The Morgan fingerprint density at radius 2 is 2.25 bits per heavy atom. The molecular weight excluding hydrogens is 306 g/mol. The number of fused-ring (bicyclic) bond motifs is 1. The molecule has 0 bridgehead atoms. The van der Waals surface area contributed by atoms with Crippen molar-refractivity contribution in [1.82, 2.24) is 25.4 Å². The summed E-state index contributed by atoms with van der Waals surface area (Å²) in [5.41, 5.74) is 2.28. The van der Waals surface area contributed by atoms with Crippen LogP contribution in [0.25, 0.3) is 0 Å². The molecule has 2 amide bonds. The topological polar surface area (TPSA) is 88.9 Å². The molecule has 2 aromatic rings. The fraction of sp³-hybridized carbons (Fsp3) is 0.412. The standard InChI is InChI=1S/C17H21N5O2/c1-11(2)19-17(24)15-8-14-7-13(10-22(14)21-15)20-16(23)6-12-4-3-5-18-9-12/h3-5,8-9,11,13H,6-7,10H2,1-2H3,(H,19,24)(H,20,23)/t13-/m0/s1. The minimum Gasteiger partial charge on any atom is -0.351 e. The molecule has 0 radical (unpaired) electrons. The van der Waals surface area contributed by atoms with Crippen LogP contribution in [0.15, 0.2) is 30.6 Å². The highest BCUT2D eigenvalue weighted by Gasteiger charge is 2.26. The zero-order chi connectivity index (χ0) is 17.1. The highest BCUT2D eigenvalue weighted by Crippen LogP contribution is 2.16. The van der Waals surface area contributed by atoms with Crippen LogP contribution in [0.4, 0.5) is 0 Å². The fourth-order valence-electron chi connectivity index (χ4n) is 2.81. The maximum atomic E-state index is 12.1. The Morgan fingerprint density at radius 1 is 1.42 bits per heavy atom. The van der Waals surface area contributed by atoms with Crippen molar-refractivity contribution in [3.63, 3.8) is 0 Å². The van der Waals surface area contributed by atoms with Crippen LogP contribution in [0.1, 0.15) is 35.6 Å². The summed E-state index contributed by atoms with van der Waals surface area (Å²) >= 11 is 0. The Labute approximate surface area is 140 Å². The number of carbonyl (C=O) groups excluding carboxylic acids is 2. The molecule has 2 N–H and O–H groups in total. The summed E-state index contributed by atoms with van der Waals surface area (Å²) in [6, 6.07) is 5.58. The van der Waals surface area contributed by atoms with Gasteiger partial charge in [-0.3, -0.25) is 19.3 Å². The molecule has 0 fully saturated rings. The van der Waals surface area contributed by atoms with Gasteiger partial charge in [0, 0.05) is 30.6 Å². The zero-order valence-corrected chi connectivity index (χ0v) is 13.8. The van der Waals surface area contributed by atoms with Crippen molar-refractivity contribution in [3.05, 3.63) is 47.5 Å². The van der Waals surface area contributed by atoms with E-state index in [1.165, 1.54) is 0 Å². The van der Waals surface area contributed by atoms with Gasteiger partial charge in [-0.05, 0) is 31.5 Å². The molecule has 7 nitrogen and oxygen atoms in total. The zero-order valence-electron chi connectivity index (χ0n) is 13.8. The van der Waals surface area contributed by atoms with Crippen LogP contribution in [0.3, 0.4) is 0 Å². The molecule has 0 unspecified atom stereocenters. The number of aromatic nitrogens is 3. The van der Waals surface area contributed by atoms with Gasteiger partial charge in [0.25, 0.3) is 5.91 Å². The number of nitrogens with one attached hydrogen (secondary N) is 2. The van der Waals surface area contributed by atoms with Gasteiger partial charge in [-0.2, -0.15) is 5.10 Å². The number of nitrogens with zero attached hydrogens (tertiary/aromatic N) is 3. The van der Waals surface area contributed by atoms with Crippen molar-refractivity contribution in [2.45, 2.75) is 45.3 Å². The molecule has 1 aliphatic heterocycles. The van der Waals surface area contributed by atoms with Gasteiger partial charge < -0.3 is 10.6 Å². The van der Waals surface area contributed by atoms with E-state index in [2.05, 4.69) is 20.7 Å². The van der Waals surface area contributed by atoms with Crippen LogP contribution in [0.5, 0.6) is 0 Å². The Kier molecular flexibility index (Phi) is 4.59. The summed E-state index contributed by atoms with van der Waals surface area (Å²) in [4.78, 5) is 28.1. The first-order chi connectivity index (χ1) is 11.5. The van der Waals surface area contributed by atoms with Crippen LogP contribution < -0.4 is 10.6 Å². The van der Waals surface area contributed by atoms with Crippen LogP contribution in [0.2, 0.25) is 0 Å². The van der Waals surface area contributed by atoms with Gasteiger partial charge in [-0.15, -0.1) is 0 Å². The van der Waals surface area contributed by atoms with Crippen LogP contribution >= 0.6 is 0 Å². The summed E-state index contributed by atoms with van der Waals surface area (Å²) in [6.07, 6.45) is 4.37. The van der Waals surface area contributed by atoms with Gasteiger partial charge in [0.1, 0.15) is 5.69 Å². The second-order valence-electron chi connectivity index (χ2n) is 6.34. The maximum Gasteiger partial charge on any atom is 0.271 e. The van der Waals surface area contributed by atoms with Crippen LogP contribution in [0, 0.1) is 0 Å². The lowest BCUT2D eigenvalue weighted by Crippen LogP contribution is -2.37. The van der Waals surface area contributed by atoms with Crippen molar-refractivity contribution in [3.8, 4) is 0 Å². The molecule has 0 spiro atoms. The van der Waals surface area contributed by atoms with Gasteiger partial charge in [0.2, 0.25) is 5.91 Å². The summed E-state index contributed by atoms with van der Waals surface area (Å²) < 4.78 is 1.80. The van der Waals surface area contributed by atoms with Gasteiger partial charge in [-0.1, -0.05) is 6.07 Å². The van der Waals surface area contributed by atoms with E-state index in [-0.39, 0.29) is 23.9 Å². The number of pyridine rings is 1. The van der Waals surface area contributed by atoms with E-state index < -0.39 is 0 Å². The van der Waals surface area contributed by atoms with E-state index >= 15 is 0 Å². The van der Waals surface area contributed by atoms with Gasteiger partial charge >= 0.3 is 0 Å². The van der Waals surface area contributed by atoms with E-state index in [9.17, 15) is 9.59 Å². The lowest BCUT2D eigenvalue weighted by Gasteiger charge is -2.12. The Balaban J connectivity index is 1.54. The minimum atomic E-state index is -0.163. The van der Waals surface area contributed by atoms with Crippen molar-refractivity contribution < 1.29 is 9.59 Å². The van der Waals surface area contributed by atoms with E-state index in [1.807, 2.05) is 26.0 Å². The Morgan fingerprint density at radius 3 is 2.92 bits per heavy atom. The van der Waals surface area contributed by atoms with Gasteiger partial charge in [0.15, 0.2) is 0 Å². The average Bonchev–Trinajstić information content (AvgIpc) is 3.05. The molecular formula is C17H21N5O2. The Bertz CT molecular complexity index is 715. The maximum absolute atomic E-state index is 12.1. The number of carbonyl (C=O) groups is 2. The van der Waals surface area contributed by atoms with Crippen molar-refractivity contribution in [2.75, 3.05) is 0 Å². The monoisotopic (exact) mass is 327 g/mol. The van der Waals surface area contributed by atoms with Crippen LogP contribution in [-0.4, -0.2) is 38.7 Å². The van der Waals surface area contributed by atoms with E-state index in [0.29, 0.717) is 25.1 Å². The molecule has 1 aliphatic rings. The van der Waals surface area contributed by atoms with Gasteiger partial charge in [0.05, 0.1) is 19.0 Å². The largest absolute Gasteiger partial charge is 0.351 e. The highest BCUT2D eigenvalue weighted by molar-refractivity contribution is 5.92. The molecule has 2 aromatic heterocycles. The van der Waals surface area contributed by atoms with Gasteiger partial charge in [-0.25, -0.2) is 0 Å². The second-order valence-corrected chi connectivity index (χ2v) is 6.34. The SMILES string of the molecule is CC(C)NC(=O)c1cc2n(n1)C[C@@H](NC(=O)Cc1cccnc1)C2. The predicted octanol–water partition coefficient (Wildman–Crippen LogP) is 0.700. The molecule has 0 aromatic carbocycles. The molecule has 1 atom stereocenters. The van der Waals surface area contributed by atoms with Crippen LogP contribution in [-0.2, 0) is 24.2 Å². The first kappa shape index (κ1) is 16.2. The average molecular weight is 327 g/mol. The predicted molar refractivity (Wildman–Crippen MR) is 88.4 cm³/mol. The third-order valence-electron chi connectivity index (χ3n) is 3.82. The third kappa shape index (κ3) is 3.79. The normalized spacial score (nSPS) is 16.0. The molecule has 0 saturated carbocycles. The van der Waals surface area contributed by atoms with Crippen molar-refractivity contribution >= 4 is 11.8 Å². The highest BCUT2D eigenvalue weighted by atomic mass is 16.2. The fourth-order valence-corrected chi connectivity index (χ4v) is 2.81.